The molecule has 5 nitrogen and oxygen atoms in total. The van der Waals surface area contributed by atoms with Crippen molar-refractivity contribution in [1.29, 1.82) is 0 Å². The third kappa shape index (κ3) is 3.26. The fourth-order valence-electron chi connectivity index (χ4n) is 1.70. The minimum absolute atomic E-state index is 0.0833. The average molecular weight is 273 g/mol. The van der Waals surface area contributed by atoms with Gasteiger partial charge in [-0.1, -0.05) is 11.6 Å². The summed E-state index contributed by atoms with van der Waals surface area (Å²) in [6.07, 6.45) is 1.67. The van der Waals surface area contributed by atoms with Gasteiger partial charge in [0.2, 0.25) is 0 Å². The first-order valence-electron chi connectivity index (χ1n) is 5.75. The standard InChI is InChI=1S/C12H17ClN2O3/c1-4-14(7-11(16)17)12(18)10-5-9(13)6-15(10)8(2)3/h5-6,8H,4,7H2,1-3H3,(H,16,17). The van der Waals surface area contributed by atoms with Gasteiger partial charge in [0.25, 0.3) is 5.91 Å². The van der Waals surface area contributed by atoms with Crippen LogP contribution in [0.25, 0.3) is 0 Å². The largest absolute Gasteiger partial charge is 0.480 e. The van der Waals surface area contributed by atoms with Crippen LogP contribution >= 0.6 is 11.6 Å². The third-order valence-electron chi connectivity index (χ3n) is 2.59. The summed E-state index contributed by atoms with van der Waals surface area (Å²) in [6.45, 7) is 5.63. The Labute approximate surface area is 111 Å². The number of carbonyl (C=O) groups is 2. The summed E-state index contributed by atoms with van der Waals surface area (Å²) in [6, 6.07) is 1.65. The Bertz CT molecular complexity index is 454. The first-order chi connectivity index (χ1) is 8.36. The van der Waals surface area contributed by atoms with Crippen LogP contribution in [0.2, 0.25) is 5.02 Å². The Balaban J connectivity index is 3.04. The average Bonchev–Trinajstić information content (AvgIpc) is 2.67. The summed E-state index contributed by atoms with van der Waals surface area (Å²) >= 11 is 5.90. The number of carbonyl (C=O) groups excluding carboxylic acids is 1. The number of hydrogen-bond donors (Lipinski definition) is 1. The zero-order valence-corrected chi connectivity index (χ0v) is 11.4. The van der Waals surface area contributed by atoms with E-state index in [9.17, 15) is 9.59 Å². The van der Waals surface area contributed by atoms with Gasteiger partial charge in [0.1, 0.15) is 12.2 Å². The van der Waals surface area contributed by atoms with Crippen LogP contribution in [0.1, 0.15) is 37.3 Å². The second kappa shape index (κ2) is 5.91. The fourth-order valence-corrected chi connectivity index (χ4v) is 1.91. The van der Waals surface area contributed by atoms with E-state index in [1.165, 1.54) is 4.90 Å². The number of rotatable bonds is 5. The number of halogens is 1. The number of hydrogen-bond acceptors (Lipinski definition) is 2. The van der Waals surface area contributed by atoms with E-state index >= 15 is 0 Å². The number of nitrogens with zero attached hydrogens (tertiary/aromatic N) is 2. The van der Waals surface area contributed by atoms with Gasteiger partial charge in [-0.25, -0.2) is 0 Å². The van der Waals surface area contributed by atoms with Crippen LogP contribution in [0, 0.1) is 0 Å². The van der Waals surface area contributed by atoms with E-state index in [-0.39, 0.29) is 18.5 Å². The number of likely N-dealkylation sites (N-methyl/N-ethyl adjacent to an activating group) is 1. The van der Waals surface area contributed by atoms with Gasteiger partial charge < -0.3 is 14.6 Å². The van der Waals surface area contributed by atoms with Crippen LogP contribution in [-0.2, 0) is 4.79 Å². The van der Waals surface area contributed by atoms with Crippen LogP contribution < -0.4 is 0 Å². The molecule has 0 saturated heterocycles. The molecule has 1 amide bonds. The maximum Gasteiger partial charge on any atom is 0.323 e. The van der Waals surface area contributed by atoms with Gasteiger partial charge in [-0.2, -0.15) is 0 Å². The van der Waals surface area contributed by atoms with Crippen molar-refractivity contribution in [2.24, 2.45) is 0 Å². The smallest absolute Gasteiger partial charge is 0.323 e. The van der Waals surface area contributed by atoms with Crippen molar-refractivity contribution in [1.82, 2.24) is 9.47 Å². The van der Waals surface area contributed by atoms with Gasteiger partial charge in [0.05, 0.1) is 5.02 Å². The fraction of sp³-hybridized carbons (Fsp3) is 0.500. The molecule has 0 aliphatic rings. The van der Waals surface area contributed by atoms with Gasteiger partial charge >= 0.3 is 5.97 Å². The minimum atomic E-state index is -1.03. The lowest BCUT2D eigenvalue weighted by Gasteiger charge is -2.20. The first-order valence-corrected chi connectivity index (χ1v) is 6.13. The molecule has 1 N–H and O–H groups in total. The third-order valence-corrected chi connectivity index (χ3v) is 2.79. The maximum absolute atomic E-state index is 12.2. The number of aliphatic carboxylic acids is 1. The molecule has 1 aromatic rings. The topological polar surface area (TPSA) is 62.5 Å². The van der Waals surface area contributed by atoms with Crippen LogP contribution in [0.15, 0.2) is 12.3 Å². The van der Waals surface area contributed by atoms with E-state index in [1.807, 2.05) is 13.8 Å². The summed E-state index contributed by atoms with van der Waals surface area (Å²) in [7, 11) is 0. The van der Waals surface area contributed by atoms with Crippen molar-refractivity contribution in [2.75, 3.05) is 13.1 Å². The number of amides is 1. The highest BCUT2D eigenvalue weighted by atomic mass is 35.5. The predicted octanol–water partition coefficient (Wildman–Crippen LogP) is 2.27. The van der Waals surface area contributed by atoms with Crippen molar-refractivity contribution in [3.8, 4) is 0 Å². The summed E-state index contributed by atoms with van der Waals surface area (Å²) in [5.74, 6) is -1.35. The quantitative estimate of drug-likeness (QED) is 0.894. The molecule has 0 aliphatic heterocycles. The van der Waals surface area contributed by atoms with Gasteiger partial charge in [-0.3, -0.25) is 9.59 Å². The second-order valence-corrected chi connectivity index (χ2v) is 4.69. The highest BCUT2D eigenvalue weighted by molar-refractivity contribution is 6.31. The summed E-state index contributed by atoms with van der Waals surface area (Å²) < 4.78 is 1.75. The van der Waals surface area contributed by atoms with Crippen molar-refractivity contribution in [2.45, 2.75) is 26.8 Å². The lowest BCUT2D eigenvalue weighted by molar-refractivity contribution is -0.137. The Hall–Kier alpha value is -1.49. The SMILES string of the molecule is CCN(CC(=O)O)C(=O)c1cc(Cl)cn1C(C)C. The Kier molecular flexibility index (Phi) is 4.78. The molecule has 1 aromatic heterocycles. The molecule has 0 unspecified atom stereocenters. The van der Waals surface area contributed by atoms with Crippen molar-refractivity contribution in [3.63, 3.8) is 0 Å². The van der Waals surface area contributed by atoms with Crippen LogP contribution in [0.4, 0.5) is 0 Å². The van der Waals surface area contributed by atoms with Crippen molar-refractivity contribution in [3.05, 3.63) is 23.0 Å². The monoisotopic (exact) mass is 272 g/mol. The van der Waals surface area contributed by atoms with E-state index in [2.05, 4.69) is 0 Å². The van der Waals surface area contributed by atoms with E-state index in [1.54, 1.807) is 23.8 Å². The van der Waals surface area contributed by atoms with Gasteiger partial charge in [-0.05, 0) is 26.8 Å². The molecule has 0 spiro atoms. The molecule has 100 valence electrons. The van der Waals surface area contributed by atoms with E-state index < -0.39 is 5.97 Å². The molecule has 1 heterocycles. The van der Waals surface area contributed by atoms with Gasteiger partial charge in [0, 0.05) is 18.8 Å². The molecule has 18 heavy (non-hydrogen) atoms. The molecule has 6 heteroatoms. The highest BCUT2D eigenvalue weighted by Crippen LogP contribution is 2.20. The van der Waals surface area contributed by atoms with E-state index in [0.29, 0.717) is 17.3 Å². The molecule has 0 radical (unpaired) electrons. The van der Waals surface area contributed by atoms with Crippen molar-refractivity contribution >= 4 is 23.5 Å². The maximum atomic E-state index is 12.2. The lowest BCUT2D eigenvalue weighted by Crippen LogP contribution is -2.36. The molecule has 0 aliphatic carbocycles. The zero-order chi connectivity index (χ0) is 13.9. The molecule has 0 atom stereocenters. The molecular formula is C12H17ClN2O3. The van der Waals surface area contributed by atoms with Crippen molar-refractivity contribution < 1.29 is 14.7 Å². The molecule has 0 fully saturated rings. The minimum Gasteiger partial charge on any atom is -0.480 e. The normalized spacial score (nSPS) is 10.7. The van der Waals surface area contributed by atoms with Crippen LogP contribution in [0.3, 0.4) is 0 Å². The second-order valence-electron chi connectivity index (χ2n) is 4.26. The molecular weight excluding hydrogens is 256 g/mol. The summed E-state index contributed by atoms with van der Waals surface area (Å²) in [5, 5.41) is 9.24. The molecule has 0 aromatic carbocycles. The van der Waals surface area contributed by atoms with Crippen LogP contribution in [-0.4, -0.2) is 39.5 Å². The number of carboxylic acids is 1. The van der Waals surface area contributed by atoms with Crippen LogP contribution in [0.5, 0.6) is 0 Å². The highest BCUT2D eigenvalue weighted by Gasteiger charge is 2.21. The lowest BCUT2D eigenvalue weighted by atomic mass is 10.3. The first kappa shape index (κ1) is 14.6. The molecule has 0 bridgehead atoms. The number of carboxylic acid groups (broad SMARTS) is 1. The molecule has 0 saturated carbocycles. The zero-order valence-electron chi connectivity index (χ0n) is 10.7. The van der Waals surface area contributed by atoms with E-state index in [4.69, 9.17) is 16.7 Å². The number of aromatic nitrogens is 1. The summed E-state index contributed by atoms with van der Waals surface area (Å²) in [5.41, 5.74) is 0.415. The Morgan fingerprint density at radius 1 is 1.50 bits per heavy atom. The van der Waals surface area contributed by atoms with E-state index in [0.717, 1.165) is 0 Å². The molecule has 1 rings (SSSR count). The predicted molar refractivity (Wildman–Crippen MR) is 69.0 cm³/mol. The van der Waals surface area contributed by atoms with Gasteiger partial charge in [0.15, 0.2) is 0 Å². The van der Waals surface area contributed by atoms with Gasteiger partial charge in [-0.15, -0.1) is 0 Å². The Morgan fingerprint density at radius 3 is 2.56 bits per heavy atom. The Morgan fingerprint density at radius 2 is 2.11 bits per heavy atom. The summed E-state index contributed by atoms with van der Waals surface area (Å²) in [4.78, 5) is 24.2.